The van der Waals surface area contributed by atoms with E-state index in [4.69, 9.17) is 5.11 Å². The van der Waals surface area contributed by atoms with Crippen LogP contribution in [0.4, 0.5) is 0 Å². The van der Waals surface area contributed by atoms with Gasteiger partial charge in [0.15, 0.2) is 0 Å². The molecule has 0 radical (unpaired) electrons. The molecule has 4 heteroatoms. The minimum Gasteiger partial charge on any atom is -0.395 e. The number of nitrogens with one attached hydrogen (secondary N) is 1. The van der Waals surface area contributed by atoms with Gasteiger partial charge in [0.2, 0.25) is 5.91 Å². The zero-order valence-electron chi connectivity index (χ0n) is 7.05. The largest absolute Gasteiger partial charge is 0.395 e. The molecular weight excluding hydrogens is 156 g/mol. The maximum atomic E-state index is 10.7. The molecule has 0 aromatic carbocycles. The zero-order valence-corrected chi connectivity index (χ0v) is 7.05. The van der Waals surface area contributed by atoms with Gasteiger partial charge in [-0.05, 0) is 6.42 Å². The molecule has 2 saturated heterocycles. The van der Waals surface area contributed by atoms with E-state index in [1.807, 2.05) is 0 Å². The highest BCUT2D eigenvalue weighted by molar-refractivity contribution is 5.85. The van der Waals surface area contributed by atoms with Crippen molar-refractivity contribution in [2.24, 2.45) is 0 Å². The molecule has 1 amide bonds. The van der Waals surface area contributed by atoms with Crippen molar-refractivity contribution in [3.8, 4) is 0 Å². The van der Waals surface area contributed by atoms with Gasteiger partial charge in [0, 0.05) is 19.6 Å². The van der Waals surface area contributed by atoms with E-state index in [0.717, 1.165) is 26.1 Å². The number of nitrogens with zero attached hydrogens (tertiary/aromatic N) is 1. The standard InChI is InChI=1S/C8H14N2O2/c11-4-3-10-2-1-8(6-10)5-7(12)9-8/h11H,1-6H2,(H,9,12)/t8-/m1/s1. The minimum absolute atomic E-state index is 0.0756. The lowest BCUT2D eigenvalue weighted by molar-refractivity contribution is -0.132. The van der Waals surface area contributed by atoms with Gasteiger partial charge in [0.25, 0.3) is 0 Å². The molecule has 0 aromatic heterocycles. The van der Waals surface area contributed by atoms with Crippen molar-refractivity contribution >= 4 is 5.91 Å². The second-order valence-electron chi connectivity index (χ2n) is 3.76. The first kappa shape index (κ1) is 8.01. The van der Waals surface area contributed by atoms with Crippen LogP contribution in [0, 0.1) is 0 Å². The molecule has 2 aliphatic rings. The number of rotatable bonds is 2. The lowest BCUT2D eigenvalue weighted by atomic mass is 9.86. The Morgan fingerprint density at radius 1 is 1.67 bits per heavy atom. The molecule has 0 aromatic rings. The second-order valence-corrected chi connectivity index (χ2v) is 3.76. The van der Waals surface area contributed by atoms with Crippen molar-refractivity contribution in [3.63, 3.8) is 0 Å². The van der Waals surface area contributed by atoms with Crippen LogP contribution in [0.1, 0.15) is 12.8 Å². The molecule has 0 aliphatic carbocycles. The van der Waals surface area contributed by atoms with Crippen LogP contribution in [-0.4, -0.2) is 47.7 Å². The van der Waals surface area contributed by atoms with Gasteiger partial charge < -0.3 is 10.4 Å². The van der Waals surface area contributed by atoms with Gasteiger partial charge in [-0.1, -0.05) is 0 Å². The highest BCUT2D eigenvalue weighted by atomic mass is 16.3. The van der Waals surface area contributed by atoms with Crippen molar-refractivity contribution in [2.45, 2.75) is 18.4 Å². The van der Waals surface area contributed by atoms with Crippen molar-refractivity contribution in [1.82, 2.24) is 10.2 Å². The molecule has 2 heterocycles. The summed E-state index contributed by atoms with van der Waals surface area (Å²) in [5.41, 5.74) is 0.0756. The minimum atomic E-state index is 0.0756. The third-order valence-corrected chi connectivity index (χ3v) is 2.75. The fraction of sp³-hybridized carbons (Fsp3) is 0.875. The van der Waals surface area contributed by atoms with Crippen molar-refractivity contribution in [3.05, 3.63) is 0 Å². The summed E-state index contributed by atoms with van der Waals surface area (Å²) in [7, 11) is 0. The van der Waals surface area contributed by atoms with Crippen molar-refractivity contribution in [1.29, 1.82) is 0 Å². The molecule has 2 rings (SSSR count). The molecule has 68 valence electrons. The Hall–Kier alpha value is -0.610. The topological polar surface area (TPSA) is 52.6 Å². The number of β-lactam (4-membered cyclic amide) rings is 1. The third kappa shape index (κ3) is 1.21. The summed E-state index contributed by atoms with van der Waals surface area (Å²) < 4.78 is 0. The number of aliphatic hydroxyl groups is 1. The lowest BCUT2D eigenvalue weighted by Crippen LogP contribution is -2.62. The van der Waals surface area contributed by atoms with E-state index in [-0.39, 0.29) is 18.1 Å². The van der Waals surface area contributed by atoms with Gasteiger partial charge in [-0.2, -0.15) is 0 Å². The van der Waals surface area contributed by atoms with Crippen LogP contribution in [-0.2, 0) is 4.79 Å². The second kappa shape index (κ2) is 2.71. The summed E-state index contributed by atoms with van der Waals surface area (Å²) >= 11 is 0. The highest BCUT2D eigenvalue weighted by Gasteiger charge is 2.47. The average Bonchev–Trinajstić information content (AvgIpc) is 2.33. The van der Waals surface area contributed by atoms with E-state index < -0.39 is 0 Å². The van der Waals surface area contributed by atoms with Crippen LogP contribution in [0.3, 0.4) is 0 Å². The molecule has 2 fully saturated rings. The zero-order chi connectivity index (χ0) is 8.60. The van der Waals surface area contributed by atoms with E-state index in [9.17, 15) is 4.79 Å². The Bertz CT molecular complexity index is 197. The fourth-order valence-corrected chi connectivity index (χ4v) is 2.12. The normalized spacial score (nSPS) is 35.2. The predicted molar refractivity (Wildman–Crippen MR) is 43.6 cm³/mol. The first-order valence-electron chi connectivity index (χ1n) is 4.38. The van der Waals surface area contributed by atoms with Gasteiger partial charge >= 0.3 is 0 Å². The predicted octanol–water partition coefficient (Wildman–Crippen LogP) is -1.06. The van der Waals surface area contributed by atoms with E-state index in [2.05, 4.69) is 10.2 Å². The number of amides is 1. The SMILES string of the molecule is O=C1C[C@@]2(CCN(CCO)C2)N1. The maximum Gasteiger partial charge on any atom is 0.222 e. The first-order chi connectivity index (χ1) is 5.74. The molecular formula is C8H14N2O2. The van der Waals surface area contributed by atoms with Crippen molar-refractivity contribution in [2.75, 3.05) is 26.2 Å². The summed E-state index contributed by atoms with van der Waals surface area (Å²) in [5, 5.41) is 11.7. The monoisotopic (exact) mass is 170 g/mol. The summed E-state index contributed by atoms with van der Waals surface area (Å²) in [6, 6.07) is 0. The number of hydrogen-bond donors (Lipinski definition) is 2. The molecule has 4 nitrogen and oxygen atoms in total. The number of carbonyl (C=O) groups excluding carboxylic acids is 1. The van der Waals surface area contributed by atoms with E-state index in [1.165, 1.54) is 0 Å². The Labute approximate surface area is 71.5 Å². The molecule has 0 bridgehead atoms. The van der Waals surface area contributed by atoms with Crippen LogP contribution in [0.15, 0.2) is 0 Å². The quantitative estimate of drug-likeness (QED) is 0.520. The van der Waals surface area contributed by atoms with Gasteiger partial charge in [-0.25, -0.2) is 0 Å². The van der Waals surface area contributed by atoms with Crippen LogP contribution in [0.25, 0.3) is 0 Å². The number of carbonyl (C=O) groups is 1. The van der Waals surface area contributed by atoms with Crippen LogP contribution in [0.2, 0.25) is 0 Å². The van der Waals surface area contributed by atoms with E-state index in [0.29, 0.717) is 6.42 Å². The van der Waals surface area contributed by atoms with Gasteiger partial charge in [0.1, 0.15) is 0 Å². The Morgan fingerprint density at radius 2 is 2.42 bits per heavy atom. The first-order valence-corrected chi connectivity index (χ1v) is 4.38. The molecule has 2 aliphatic heterocycles. The average molecular weight is 170 g/mol. The van der Waals surface area contributed by atoms with E-state index in [1.54, 1.807) is 0 Å². The summed E-state index contributed by atoms with van der Waals surface area (Å²) in [4.78, 5) is 12.9. The summed E-state index contributed by atoms with van der Waals surface area (Å²) in [6.45, 7) is 2.86. The Morgan fingerprint density at radius 3 is 3.00 bits per heavy atom. The molecule has 1 spiro atoms. The lowest BCUT2D eigenvalue weighted by Gasteiger charge is -2.38. The number of likely N-dealkylation sites (tertiary alicyclic amines) is 1. The molecule has 1 atom stereocenters. The Balaban J connectivity index is 1.86. The number of hydrogen-bond acceptors (Lipinski definition) is 3. The summed E-state index contributed by atoms with van der Waals surface area (Å²) in [5.74, 6) is 0.167. The van der Waals surface area contributed by atoms with Crippen molar-refractivity contribution < 1.29 is 9.90 Å². The van der Waals surface area contributed by atoms with Gasteiger partial charge in [0.05, 0.1) is 18.6 Å². The van der Waals surface area contributed by atoms with Crippen LogP contribution in [0.5, 0.6) is 0 Å². The Kier molecular flexibility index (Phi) is 1.81. The molecule has 2 N–H and O–H groups in total. The molecule has 0 unspecified atom stereocenters. The van der Waals surface area contributed by atoms with Crippen LogP contribution >= 0.6 is 0 Å². The van der Waals surface area contributed by atoms with Gasteiger partial charge in [-0.15, -0.1) is 0 Å². The summed E-state index contributed by atoms with van der Waals surface area (Å²) in [6.07, 6.45) is 1.72. The van der Waals surface area contributed by atoms with E-state index >= 15 is 0 Å². The fourth-order valence-electron chi connectivity index (χ4n) is 2.12. The maximum absolute atomic E-state index is 10.7. The molecule has 12 heavy (non-hydrogen) atoms. The number of aliphatic hydroxyl groups excluding tert-OH is 1. The molecule has 0 saturated carbocycles. The third-order valence-electron chi connectivity index (χ3n) is 2.75. The highest BCUT2D eigenvalue weighted by Crippen LogP contribution is 2.30. The number of β-amino-alcohol motifs (C(OH)–C–C–N with tert-alkyl or cyclic N) is 1. The smallest absolute Gasteiger partial charge is 0.222 e. The van der Waals surface area contributed by atoms with Crippen LogP contribution < -0.4 is 5.32 Å². The van der Waals surface area contributed by atoms with Gasteiger partial charge in [-0.3, -0.25) is 9.69 Å².